The molecule has 4 rings (SSSR count). The summed E-state index contributed by atoms with van der Waals surface area (Å²) in [5, 5.41) is 5.22. The summed E-state index contributed by atoms with van der Waals surface area (Å²) >= 11 is 0. The van der Waals surface area contributed by atoms with E-state index in [1.807, 2.05) is 0 Å². The van der Waals surface area contributed by atoms with E-state index in [9.17, 15) is 23.2 Å². The molecule has 2 aliphatic rings. The fraction of sp³-hybridized carbons (Fsp3) is 0.286. The molecule has 2 aliphatic heterocycles. The lowest BCUT2D eigenvalue weighted by molar-refractivity contribution is -0.136. The molecule has 0 spiro atoms. The van der Waals surface area contributed by atoms with Crippen LogP contribution in [0.5, 0.6) is 5.75 Å². The smallest absolute Gasteiger partial charge is 0.255 e. The van der Waals surface area contributed by atoms with E-state index in [1.165, 1.54) is 24.1 Å². The number of carbonyl (C=O) groups excluding carboxylic acids is 3. The van der Waals surface area contributed by atoms with Crippen molar-refractivity contribution in [3.63, 3.8) is 0 Å². The van der Waals surface area contributed by atoms with Crippen molar-refractivity contribution in [2.24, 2.45) is 0 Å². The molecule has 0 bridgehead atoms. The van der Waals surface area contributed by atoms with Crippen LogP contribution in [-0.2, 0) is 22.7 Å². The van der Waals surface area contributed by atoms with Gasteiger partial charge in [-0.15, -0.1) is 0 Å². The molecule has 0 unspecified atom stereocenters. The van der Waals surface area contributed by atoms with Crippen molar-refractivity contribution in [1.29, 1.82) is 0 Å². The Bertz CT molecular complexity index is 1060. The van der Waals surface area contributed by atoms with Gasteiger partial charge in [-0.05, 0) is 24.6 Å². The highest BCUT2D eigenvalue weighted by Crippen LogP contribution is 2.33. The van der Waals surface area contributed by atoms with Crippen molar-refractivity contribution in [2.75, 3.05) is 12.4 Å². The van der Waals surface area contributed by atoms with Crippen molar-refractivity contribution in [2.45, 2.75) is 32.0 Å². The fourth-order valence-corrected chi connectivity index (χ4v) is 3.77. The lowest BCUT2D eigenvalue weighted by Gasteiger charge is -2.29. The fourth-order valence-electron chi connectivity index (χ4n) is 3.77. The van der Waals surface area contributed by atoms with Crippen molar-refractivity contribution >= 4 is 23.4 Å². The minimum Gasteiger partial charge on any atom is -0.497 e. The van der Waals surface area contributed by atoms with Gasteiger partial charge >= 0.3 is 0 Å². The number of carbonyl (C=O) groups is 3. The summed E-state index contributed by atoms with van der Waals surface area (Å²) in [6.45, 7) is 0.159. The molecule has 156 valence electrons. The standard InChI is InChI=1S/C21H19F2N3O4/c1-30-13-3-2-11(16(23)8-13)9-24-17-7-12(22)6-14-15(17)10-26(21(14)29)18-4-5-19(27)25-20(18)28/h2-3,6-8,18,24H,4-5,9-10H2,1H3,(H,25,27,28)/t18-/m0/s1. The predicted octanol–water partition coefficient (Wildman–Crippen LogP) is 2.35. The van der Waals surface area contributed by atoms with Gasteiger partial charge in [0.1, 0.15) is 23.4 Å². The summed E-state index contributed by atoms with van der Waals surface area (Å²) in [5.74, 6) is -2.11. The maximum Gasteiger partial charge on any atom is 0.255 e. The van der Waals surface area contributed by atoms with Crippen LogP contribution in [0.25, 0.3) is 0 Å². The van der Waals surface area contributed by atoms with Crippen LogP contribution in [0, 0.1) is 11.6 Å². The number of piperidine rings is 1. The Hall–Kier alpha value is -3.49. The molecule has 1 atom stereocenters. The highest BCUT2D eigenvalue weighted by atomic mass is 19.1. The van der Waals surface area contributed by atoms with Gasteiger partial charge in [0.25, 0.3) is 5.91 Å². The lowest BCUT2D eigenvalue weighted by Crippen LogP contribution is -2.52. The largest absolute Gasteiger partial charge is 0.497 e. The summed E-state index contributed by atoms with van der Waals surface area (Å²) in [6.07, 6.45) is 0.347. The summed E-state index contributed by atoms with van der Waals surface area (Å²) in [6, 6.07) is 6.00. The molecule has 1 fully saturated rings. The average Bonchev–Trinajstić information content (AvgIpc) is 3.03. The first-order valence-corrected chi connectivity index (χ1v) is 9.40. The normalized spacial score (nSPS) is 18.3. The molecule has 7 nitrogen and oxygen atoms in total. The van der Waals surface area contributed by atoms with Crippen molar-refractivity contribution in [1.82, 2.24) is 10.2 Å². The molecule has 0 saturated carbocycles. The summed E-state index contributed by atoms with van der Waals surface area (Å²) in [7, 11) is 1.44. The van der Waals surface area contributed by atoms with Gasteiger partial charge in [-0.1, -0.05) is 6.07 Å². The number of halogens is 2. The average molecular weight is 415 g/mol. The Balaban J connectivity index is 1.57. The number of anilines is 1. The molecule has 2 heterocycles. The molecule has 0 aliphatic carbocycles. The number of imide groups is 1. The van der Waals surface area contributed by atoms with Gasteiger partial charge in [0.05, 0.1) is 7.11 Å². The number of methoxy groups -OCH3 is 1. The zero-order chi connectivity index (χ0) is 21.4. The van der Waals surface area contributed by atoms with Crippen LogP contribution in [0.3, 0.4) is 0 Å². The summed E-state index contributed by atoms with van der Waals surface area (Å²) in [4.78, 5) is 37.7. The zero-order valence-corrected chi connectivity index (χ0v) is 16.1. The maximum atomic E-state index is 14.2. The second-order valence-electron chi connectivity index (χ2n) is 7.19. The van der Waals surface area contributed by atoms with E-state index in [1.54, 1.807) is 12.1 Å². The topological polar surface area (TPSA) is 87.7 Å². The molecule has 1 saturated heterocycles. The molecule has 2 N–H and O–H groups in total. The first-order chi connectivity index (χ1) is 14.4. The Morgan fingerprint density at radius 1 is 1.20 bits per heavy atom. The summed E-state index contributed by atoms with van der Waals surface area (Å²) < 4.78 is 33.4. The maximum absolute atomic E-state index is 14.2. The molecule has 2 aromatic carbocycles. The second-order valence-corrected chi connectivity index (χ2v) is 7.19. The summed E-state index contributed by atoms with van der Waals surface area (Å²) in [5.41, 5.74) is 1.38. The Morgan fingerprint density at radius 3 is 2.70 bits per heavy atom. The molecule has 2 aromatic rings. The van der Waals surface area contributed by atoms with Crippen LogP contribution in [-0.4, -0.2) is 35.8 Å². The third-order valence-corrected chi connectivity index (χ3v) is 5.35. The van der Waals surface area contributed by atoms with Crippen LogP contribution in [0.1, 0.15) is 34.3 Å². The van der Waals surface area contributed by atoms with E-state index in [2.05, 4.69) is 10.6 Å². The number of nitrogens with one attached hydrogen (secondary N) is 2. The number of amides is 3. The van der Waals surface area contributed by atoms with E-state index in [4.69, 9.17) is 4.74 Å². The van der Waals surface area contributed by atoms with Crippen molar-refractivity contribution in [3.05, 3.63) is 58.7 Å². The number of hydrogen-bond donors (Lipinski definition) is 2. The monoisotopic (exact) mass is 415 g/mol. The first kappa shape index (κ1) is 19.8. The third-order valence-electron chi connectivity index (χ3n) is 5.35. The van der Waals surface area contributed by atoms with Crippen molar-refractivity contribution < 1.29 is 27.9 Å². The molecular weight excluding hydrogens is 396 g/mol. The van der Waals surface area contributed by atoms with Crippen LogP contribution >= 0.6 is 0 Å². The van der Waals surface area contributed by atoms with E-state index < -0.39 is 29.5 Å². The molecule has 30 heavy (non-hydrogen) atoms. The Morgan fingerprint density at radius 2 is 2.00 bits per heavy atom. The first-order valence-electron chi connectivity index (χ1n) is 9.40. The number of fused-ring (bicyclic) bond motifs is 1. The van der Waals surface area contributed by atoms with E-state index in [0.29, 0.717) is 22.6 Å². The zero-order valence-electron chi connectivity index (χ0n) is 16.1. The highest BCUT2D eigenvalue weighted by molar-refractivity contribution is 6.06. The van der Waals surface area contributed by atoms with Crippen LogP contribution in [0.15, 0.2) is 30.3 Å². The SMILES string of the molecule is COc1ccc(CNc2cc(F)cc3c2CN([C@H]2CCC(=O)NC2=O)C3=O)c(F)c1. The Labute approximate surface area is 171 Å². The van der Waals surface area contributed by atoms with Gasteiger partial charge in [-0.2, -0.15) is 0 Å². The van der Waals surface area contributed by atoms with Gasteiger partial charge in [0, 0.05) is 48.0 Å². The van der Waals surface area contributed by atoms with E-state index >= 15 is 0 Å². The second kappa shape index (κ2) is 7.74. The van der Waals surface area contributed by atoms with E-state index in [0.717, 1.165) is 6.07 Å². The van der Waals surface area contributed by atoms with Crippen molar-refractivity contribution in [3.8, 4) is 5.75 Å². The van der Waals surface area contributed by atoms with Gasteiger partial charge in [-0.3, -0.25) is 19.7 Å². The number of ether oxygens (including phenoxy) is 1. The molecule has 9 heteroatoms. The molecule has 3 amide bonds. The molecular formula is C21H19F2N3O4. The number of benzene rings is 2. The lowest BCUT2D eigenvalue weighted by atomic mass is 10.0. The van der Waals surface area contributed by atoms with Crippen LogP contribution < -0.4 is 15.4 Å². The molecule has 0 aromatic heterocycles. The van der Waals surface area contributed by atoms with Crippen LogP contribution in [0.4, 0.5) is 14.5 Å². The van der Waals surface area contributed by atoms with E-state index in [-0.39, 0.29) is 37.4 Å². The minimum absolute atomic E-state index is 0.0678. The quantitative estimate of drug-likeness (QED) is 0.732. The number of rotatable bonds is 5. The van der Waals surface area contributed by atoms with Crippen LogP contribution in [0.2, 0.25) is 0 Å². The molecule has 0 radical (unpaired) electrons. The third kappa shape index (κ3) is 3.58. The van der Waals surface area contributed by atoms with Gasteiger partial charge < -0.3 is 15.0 Å². The Kier molecular flexibility index (Phi) is 5.11. The van der Waals surface area contributed by atoms with Gasteiger partial charge in [0.2, 0.25) is 11.8 Å². The number of hydrogen-bond acceptors (Lipinski definition) is 5. The number of nitrogens with zero attached hydrogens (tertiary/aromatic N) is 1. The predicted molar refractivity (Wildman–Crippen MR) is 103 cm³/mol. The van der Waals surface area contributed by atoms with Gasteiger partial charge in [-0.25, -0.2) is 8.78 Å². The highest BCUT2D eigenvalue weighted by Gasteiger charge is 2.40. The minimum atomic E-state index is -0.794. The van der Waals surface area contributed by atoms with Gasteiger partial charge in [0.15, 0.2) is 0 Å².